The molecule has 0 atom stereocenters. The Hall–Kier alpha value is 0.540. The summed E-state index contributed by atoms with van der Waals surface area (Å²) in [6.07, 6.45) is 6.67. The van der Waals surface area contributed by atoms with Gasteiger partial charge < -0.3 is 0 Å². The maximum Gasteiger partial charge on any atom is 0.185 e. The van der Waals surface area contributed by atoms with Gasteiger partial charge in [0.05, 0.1) is 0 Å². The summed E-state index contributed by atoms with van der Waals surface area (Å²) in [7, 11) is 0. The van der Waals surface area contributed by atoms with Crippen molar-refractivity contribution in [2.45, 2.75) is 63.6 Å². The topological polar surface area (TPSA) is 51.2 Å². The molecular weight excluding hydrogens is 452 g/mol. The fraction of sp³-hybridized carbons (Fsp3) is 0.842. The lowest BCUT2D eigenvalue weighted by atomic mass is 9.40. The molecule has 0 aromatic rings. The molecule has 3 nitrogen and oxygen atoms in total. The zero-order valence-corrected chi connectivity index (χ0v) is 19.7. The van der Waals surface area contributed by atoms with Gasteiger partial charge in [0.2, 0.25) is 0 Å². The highest BCUT2D eigenvalue weighted by Gasteiger charge is 2.67. The summed E-state index contributed by atoms with van der Waals surface area (Å²) in [6, 6.07) is 0. The first-order valence-corrected chi connectivity index (χ1v) is 12.8. The molecule has 4 aliphatic rings. The van der Waals surface area contributed by atoms with Crippen molar-refractivity contribution in [1.29, 1.82) is 0 Å². The Morgan fingerprint density at radius 3 is 1.15 bits per heavy atom. The molecule has 4 bridgehead atoms. The van der Waals surface area contributed by atoms with Crippen LogP contribution in [0.2, 0.25) is 0 Å². The van der Waals surface area contributed by atoms with E-state index in [1.165, 1.54) is 35.3 Å². The second kappa shape index (κ2) is 7.42. The molecule has 0 spiro atoms. The van der Waals surface area contributed by atoms with Gasteiger partial charge in [0, 0.05) is 42.4 Å². The average molecular weight is 480 g/mol. The zero-order valence-electron chi connectivity index (χ0n) is 15.7. The Bertz CT molecular complexity index is 544. The molecular formula is C19H27BrO3S3. The maximum absolute atomic E-state index is 11.7. The van der Waals surface area contributed by atoms with Crippen LogP contribution in [0.25, 0.3) is 0 Å². The van der Waals surface area contributed by atoms with Gasteiger partial charge in [-0.3, -0.25) is 14.4 Å². The van der Waals surface area contributed by atoms with Crippen LogP contribution in [0.4, 0.5) is 0 Å². The van der Waals surface area contributed by atoms with Gasteiger partial charge in [-0.2, -0.15) is 0 Å². The molecule has 0 N–H and O–H groups in total. The van der Waals surface area contributed by atoms with E-state index in [0.29, 0.717) is 0 Å². The van der Waals surface area contributed by atoms with Crippen molar-refractivity contribution >= 4 is 66.6 Å². The summed E-state index contributed by atoms with van der Waals surface area (Å²) >= 11 is 8.47. The summed E-state index contributed by atoms with van der Waals surface area (Å²) in [6.45, 7) is 4.95. The largest absolute Gasteiger partial charge is 0.288 e. The summed E-state index contributed by atoms with van der Waals surface area (Å²) in [5.74, 6) is 2.61. The van der Waals surface area contributed by atoms with E-state index in [0.717, 1.165) is 55.8 Å². The Morgan fingerprint density at radius 1 is 0.654 bits per heavy atom. The van der Waals surface area contributed by atoms with Gasteiger partial charge in [-0.25, -0.2) is 0 Å². The van der Waals surface area contributed by atoms with Gasteiger partial charge in [0.1, 0.15) is 0 Å². The Labute approximate surface area is 177 Å². The van der Waals surface area contributed by atoms with Crippen LogP contribution >= 0.6 is 51.2 Å². The Morgan fingerprint density at radius 2 is 0.923 bits per heavy atom. The lowest BCUT2D eigenvalue weighted by Crippen LogP contribution is -2.64. The van der Waals surface area contributed by atoms with Crippen LogP contribution in [0.5, 0.6) is 0 Å². The molecule has 0 aromatic carbocycles. The monoisotopic (exact) mass is 478 g/mol. The van der Waals surface area contributed by atoms with E-state index in [-0.39, 0.29) is 35.9 Å². The third kappa shape index (κ3) is 4.57. The van der Waals surface area contributed by atoms with Crippen LogP contribution in [-0.2, 0) is 14.4 Å². The molecule has 0 heterocycles. The lowest BCUT2D eigenvalue weighted by Gasteiger charge is -2.69. The quantitative estimate of drug-likeness (QED) is 0.482. The van der Waals surface area contributed by atoms with E-state index in [2.05, 4.69) is 15.9 Å². The van der Waals surface area contributed by atoms with Crippen molar-refractivity contribution in [1.82, 2.24) is 0 Å². The standard InChI is InChI=1S/C19H27BrO3S3/c1-13(21)24-10-16-4-17(11-25-14(2)22)6-18(5-16,12-26-15(3)23)9-19(20,7-16)8-17/h4-12H2,1-3H3. The Balaban J connectivity index is 1.91. The summed E-state index contributed by atoms with van der Waals surface area (Å²) in [5.41, 5.74) is 0.426. The molecule has 26 heavy (non-hydrogen) atoms. The van der Waals surface area contributed by atoms with Gasteiger partial charge in [0.15, 0.2) is 15.3 Å². The summed E-state index contributed by atoms with van der Waals surface area (Å²) in [5, 5.41) is 0.552. The van der Waals surface area contributed by atoms with E-state index < -0.39 is 0 Å². The maximum atomic E-state index is 11.7. The van der Waals surface area contributed by atoms with Crippen molar-refractivity contribution in [3.63, 3.8) is 0 Å². The van der Waals surface area contributed by atoms with Crippen LogP contribution in [0, 0.1) is 16.2 Å². The summed E-state index contributed by atoms with van der Waals surface area (Å²) < 4.78 is 0.0911. The molecule has 146 valence electrons. The van der Waals surface area contributed by atoms with E-state index in [1.807, 2.05) is 0 Å². The molecule has 7 heteroatoms. The number of carbonyl (C=O) groups is 3. The molecule has 4 aliphatic carbocycles. The summed E-state index contributed by atoms with van der Waals surface area (Å²) in [4.78, 5) is 35.0. The number of thioether (sulfide) groups is 3. The molecule has 0 unspecified atom stereocenters. The van der Waals surface area contributed by atoms with Crippen LogP contribution in [0.3, 0.4) is 0 Å². The fourth-order valence-corrected chi connectivity index (χ4v) is 10.6. The van der Waals surface area contributed by atoms with Gasteiger partial charge in [0.25, 0.3) is 0 Å². The van der Waals surface area contributed by atoms with E-state index in [1.54, 1.807) is 20.8 Å². The lowest BCUT2D eigenvalue weighted by molar-refractivity contribution is -0.117. The molecule has 0 amide bonds. The molecule has 0 aromatic heterocycles. The van der Waals surface area contributed by atoms with E-state index in [4.69, 9.17) is 0 Å². The van der Waals surface area contributed by atoms with Crippen molar-refractivity contribution in [3.05, 3.63) is 0 Å². The SMILES string of the molecule is CC(=O)SCC12CC3(Br)CC(CSC(C)=O)(C1)CC(CSC(C)=O)(C3)C2. The number of halogens is 1. The van der Waals surface area contributed by atoms with Gasteiger partial charge >= 0.3 is 0 Å². The third-order valence-corrected chi connectivity index (χ3v) is 10.4. The number of hydrogen-bond donors (Lipinski definition) is 0. The molecule has 0 aliphatic heterocycles. The van der Waals surface area contributed by atoms with Crippen LogP contribution in [0.15, 0.2) is 0 Å². The van der Waals surface area contributed by atoms with Gasteiger partial charge in [-0.15, -0.1) is 0 Å². The van der Waals surface area contributed by atoms with E-state index >= 15 is 0 Å². The number of rotatable bonds is 6. The first-order valence-electron chi connectivity index (χ1n) is 9.08. The molecule has 4 saturated carbocycles. The first-order chi connectivity index (χ1) is 12.0. The molecule has 4 fully saturated rings. The Kier molecular flexibility index (Phi) is 6.06. The second-order valence-corrected chi connectivity index (χ2v) is 14.2. The zero-order chi connectivity index (χ0) is 19.2. The predicted molar refractivity (Wildman–Crippen MR) is 116 cm³/mol. The predicted octanol–water partition coefficient (Wildman–Crippen LogP) is 5.30. The van der Waals surface area contributed by atoms with Gasteiger partial charge in [-0.1, -0.05) is 51.2 Å². The highest BCUT2D eigenvalue weighted by molar-refractivity contribution is 9.10. The first kappa shape index (κ1) is 21.3. The fourth-order valence-electron chi connectivity index (χ4n) is 6.38. The number of hydrogen-bond acceptors (Lipinski definition) is 6. The average Bonchev–Trinajstić information content (AvgIpc) is 2.47. The minimum absolute atomic E-state index is 0.0911. The van der Waals surface area contributed by atoms with Gasteiger partial charge in [-0.05, 0) is 54.8 Å². The molecule has 0 saturated heterocycles. The normalized spacial score (nSPS) is 40.6. The third-order valence-electron chi connectivity index (χ3n) is 6.07. The van der Waals surface area contributed by atoms with E-state index in [9.17, 15) is 14.4 Å². The van der Waals surface area contributed by atoms with Crippen molar-refractivity contribution in [2.24, 2.45) is 16.2 Å². The van der Waals surface area contributed by atoms with Crippen LogP contribution in [-0.4, -0.2) is 36.9 Å². The van der Waals surface area contributed by atoms with Crippen LogP contribution in [0.1, 0.15) is 59.3 Å². The van der Waals surface area contributed by atoms with Crippen molar-refractivity contribution in [2.75, 3.05) is 17.3 Å². The minimum atomic E-state index is 0.0911. The molecule has 0 radical (unpaired) electrons. The molecule has 4 rings (SSSR count). The minimum Gasteiger partial charge on any atom is -0.288 e. The highest BCUT2D eigenvalue weighted by atomic mass is 79.9. The number of alkyl halides is 1. The highest BCUT2D eigenvalue weighted by Crippen LogP contribution is 2.74. The van der Waals surface area contributed by atoms with Crippen molar-refractivity contribution < 1.29 is 14.4 Å². The van der Waals surface area contributed by atoms with Crippen molar-refractivity contribution in [3.8, 4) is 0 Å². The smallest absolute Gasteiger partial charge is 0.185 e. The van der Waals surface area contributed by atoms with Crippen LogP contribution < -0.4 is 0 Å². The number of carbonyl (C=O) groups excluding carboxylic acids is 3. The second-order valence-electron chi connectivity index (χ2n) is 9.05.